The number of aromatic nitrogens is 1. The minimum absolute atomic E-state index is 0.104. The topological polar surface area (TPSA) is 74.8 Å². The summed E-state index contributed by atoms with van der Waals surface area (Å²) in [5, 5.41) is 3.13. The molecule has 2 amide bonds. The average molecular weight is 396 g/mol. The Balaban J connectivity index is 1.62. The maximum Gasteiger partial charge on any atom is 0.251 e. The Kier molecular flexibility index (Phi) is 6.82. The maximum absolute atomic E-state index is 12.8. The molecule has 3 rings (SSSR count). The van der Waals surface area contributed by atoms with Crippen molar-refractivity contribution in [3.8, 4) is 17.0 Å². The van der Waals surface area contributed by atoms with Crippen molar-refractivity contribution in [2.24, 2.45) is 0 Å². The number of rotatable bonds is 6. The molecule has 2 aromatic rings. The first kappa shape index (κ1) is 20.8. The highest BCUT2D eigenvalue weighted by molar-refractivity contribution is 5.96. The number of ether oxygens (including phenoxy) is 1. The fraction of sp³-hybridized carbons (Fsp3) is 0.409. The molecular weight excluding hydrogens is 368 g/mol. The zero-order valence-corrected chi connectivity index (χ0v) is 17.2. The third-order valence-electron chi connectivity index (χ3n) is 5.18. The summed E-state index contributed by atoms with van der Waals surface area (Å²) in [7, 11) is 5.14. The molecule has 7 nitrogen and oxygen atoms in total. The zero-order valence-electron chi connectivity index (χ0n) is 17.2. The number of nitrogens with zero attached hydrogens (tertiary/aromatic N) is 3. The van der Waals surface area contributed by atoms with Crippen LogP contribution in [0, 0.1) is 0 Å². The molecule has 0 saturated carbocycles. The number of hydrogen-bond acceptors (Lipinski definition) is 5. The van der Waals surface area contributed by atoms with Crippen molar-refractivity contribution in [1.82, 2.24) is 20.1 Å². The van der Waals surface area contributed by atoms with Gasteiger partial charge in [0.05, 0.1) is 19.3 Å². The second-order valence-corrected chi connectivity index (χ2v) is 7.44. The second kappa shape index (κ2) is 9.52. The highest BCUT2D eigenvalue weighted by atomic mass is 16.5. The van der Waals surface area contributed by atoms with E-state index in [1.165, 1.54) is 0 Å². The molecule has 0 spiro atoms. The largest absolute Gasteiger partial charge is 0.496 e. The predicted molar refractivity (Wildman–Crippen MR) is 112 cm³/mol. The Morgan fingerprint density at radius 2 is 1.97 bits per heavy atom. The van der Waals surface area contributed by atoms with E-state index in [0.29, 0.717) is 17.9 Å². The quantitative estimate of drug-likeness (QED) is 0.809. The van der Waals surface area contributed by atoms with Crippen molar-refractivity contribution in [1.29, 1.82) is 0 Å². The summed E-state index contributed by atoms with van der Waals surface area (Å²) in [5.74, 6) is 0.680. The lowest BCUT2D eigenvalue weighted by molar-refractivity contribution is -0.130. The van der Waals surface area contributed by atoms with Gasteiger partial charge in [0.2, 0.25) is 5.91 Å². The van der Waals surface area contributed by atoms with Gasteiger partial charge in [-0.1, -0.05) is 6.07 Å². The normalized spacial score (nSPS) is 15.0. The van der Waals surface area contributed by atoms with E-state index in [1.807, 2.05) is 24.3 Å². The Bertz CT molecular complexity index is 846. The second-order valence-electron chi connectivity index (χ2n) is 7.44. The number of pyridine rings is 1. The van der Waals surface area contributed by atoms with Gasteiger partial charge < -0.3 is 15.0 Å². The van der Waals surface area contributed by atoms with Crippen LogP contribution in [0.4, 0.5) is 0 Å². The maximum atomic E-state index is 12.8. The fourth-order valence-electron chi connectivity index (χ4n) is 3.41. The monoisotopic (exact) mass is 396 g/mol. The molecule has 1 saturated heterocycles. The molecule has 0 aliphatic carbocycles. The lowest BCUT2D eigenvalue weighted by atomic mass is 10.0. The molecule has 0 bridgehead atoms. The highest BCUT2D eigenvalue weighted by Crippen LogP contribution is 2.29. The van der Waals surface area contributed by atoms with Gasteiger partial charge in [0, 0.05) is 50.6 Å². The molecule has 154 valence electrons. The minimum Gasteiger partial charge on any atom is -0.496 e. The first-order chi connectivity index (χ1) is 14.0. The van der Waals surface area contributed by atoms with Gasteiger partial charge in [-0.3, -0.25) is 19.5 Å². The number of carbonyl (C=O) groups is 2. The zero-order chi connectivity index (χ0) is 20.8. The van der Waals surface area contributed by atoms with E-state index >= 15 is 0 Å². The van der Waals surface area contributed by atoms with Gasteiger partial charge in [-0.25, -0.2) is 0 Å². The number of amides is 2. The molecule has 0 unspecified atom stereocenters. The van der Waals surface area contributed by atoms with E-state index in [2.05, 4.69) is 15.2 Å². The van der Waals surface area contributed by atoms with Gasteiger partial charge in [0.15, 0.2) is 0 Å². The first-order valence-electron chi connectivity index (χ1n) is 9.80. The van der Waals surface area contributed by atoms with Crippen LogP contribution in [0.5, 0.6) is 5.75 Å². The molecule has 1 aliphatic rings. The van der Waals surface area contributed by atoms with Crippen LogP contribution in [0.25, 0.3) is 11.3 Å². The highest BCUT2D eigenvalue weighted by Gasteiger charge is 2.23. The van der Waals surface area contributed by atoms with Gasteiger partial charge >= 0.3 is 0 Å². The Morgan fingerprint density at radius 3 is 2.59 bits per heavy atom. The summed E-state index contributed by atoms with van der Waals surface area (Å²) in [5.41, 5.74) is 2.13. The lowest BCUT2D eigenvalue weighted by Crippen LogP contribution is -2.47. The number of carbonyl (C=O) groups excluding carboxylic acids is 2. The molecule has 2 heterocycles. The standard InChI is InChI=1S/C22H28N4O3/c1-25(2)21(27)15-26-12-9-17(10-13-26)24-22(28)16-7-8-20(29-3)18(14-16)19-6-4-5-11-23-19/h4-8,11,14,17H,9-10,12-13,15H2,1-3H3,(H,24,28). The minimum atomic E-state index is -0.104. The summed E-state index contributed by atoms with van der Waals surface area (Å²) in [4.78, 5) is 32.8. The predicted octanol–water partition coefficient (Wildman–Crippen LogP) is 2.04. The van der Waals surface area contributed by atoms with Gasteiger partial charge in [-0.2, -0.15) is 0 Å². The number of likely N-dealkylation sites (N-methyl/N-ethyl adjacent to an activating group) is 1. The van der Waals surface area contributed by atoms with Crippen molar-refractivity contribution in [2.45, 2.75) is 18.9 Å². The van der Waals surface area contributed by atoms with Gasteiger partial charge in [-0.15, -0.1) is 0 Å². The number of hydrogen-bond donors (Lipinski definition) is 1. The Labute approximate surface area is 171 Å². The van der Waals surface area contributed by atoms with E-state index < -0.39 is 0 Å². The van der Waals surface area contributed by atoms with Gasteiger partial charge in [-0.05, 0) is 43.2 Å². The Hall–Kier alpha value is -2.93. The van der Waals surface area contributed by atoms with Gasteiger partial charge in [0.1, 0.15) is 5.75 Å². The third kappa shape index (κ3) is 5.32. The van der Waals surface area contributed by atoms with Crippen LogP contribution in [0.3, 0.4) is 0 Å². The van der Waals surface area contributed by atoms with E-state index in [9.17, 15) is 9.59 Å². The number of nitrogens with one attached hydrogen (secondary N) is 1. The fourth-order valence-corrected chi connectivity index (χ4v) is 3.41. The van der Waals surface area contributed by atoms with E-state index in [1.54, 1.807) is 44.4 Å². The smallest absolute Gasteiger partial charge is 0.251 e. The van der Waals surface area contributed by atoms with E-state index in [4.69, 9.17) is 4.74 Å². The molecule has 1 aromatic heterocycles. The van der Waals surface area contributed by atoms with Crippen LogP contribution >= 0.6 is 0 Å². The van der Waals surface area contributed by atoms with Crippen molar-refractivity contribution >= 4 is 11.8 Å². The van der Waals surface area contributed by atoms with Crippen molar-refractivity contribution in [3.63, 3.8) is 0 Å². The summed E-state index contributed by atoms with van der Waals surface area (Å²) >= 11 is 0. The lowest BCUT2D eigenvalue weighted by Gasteiger charge is -2.32. The molecule has 0 radical (unpaired) electrons. The van der Waals surface area contributed by atoms with Crippen LogP contribution in [-0.2, 0) is 4.79 Å². The van der Waals surface area contributed by atoms with Crippen molar-refractivity contribution < 1.29 is 14.3 Å². The first-order valence-corrected chi connectivity index (χ1v) is 9.80. The molecule has 1 aromatic carbocycles. The van der Waals surface area contributed by atoms with Crippen LogP contribution in [0.15, 0.2) is 42.6 Å². The molecule has 1 N–H and O–H groups in total. The number of methoxy groups -OCH3 is 1. The van der Waals surface area contributed by atoms with E-state index in [0.717, 1.165) is 37.2 Å². The molecular formula is C22H28N4O3. The van der Waals surface area contributed by atoms with Crippen molar-refractivity contribution in [2.75, 3.05) is 40.8 Å². The SMILES string of the molecule is COc1ccc(C(=O)NC2CCN(CC(=O)N(C)C)CC2)cc1-c1ccccn1. The summed E-state index contributed by atoms with van der Waals surface area (Å²) in [6, 6.07) is 11.1. The van der Waals surface area contributed by atoms with Crippen LogP contribution in [0.1, 0.15) is 23.2 Å². The van der Waals surface area contributed by atoms with Gasteiger partial charge in [0.25, 0.3) is 5.91 Å². The van der Waals surface area contributed by atoms with E-state index in [-0.39, 0.29) is 17.9 Å². The number of piperidine rings is 1. The molecule has 29 heavy (non-hydrogen) atoms. The number of likely N-dealkylation sites (tertiary alicyclic amines) is 1. The molecule has 1 aliphatic heterocycles. The summed E-state index contributed by atoms with van der Waals surface area (Å²) in [6.45, 7) is 2.03. The molecule has 7 heteroatoms. The summed E-state index contributed by atoms with van der Waals surface area (Å²) in [6.07, 6.45) is 3.38. The number of benzene rings is 1. The Morgan fingerprint density at radius 1 is 1.21 bits per heavy atom. The summed E-state index contributed by atoms with van der Waals surface area (Å²) < 4.78 is 5.44. The van der Waals surface area contributed by atoms with Crippen LogP contribution < -0.4 is 10.1 Å². The average Bonchev–Trinajstić information content (AvgIpc) is 2.75. The third-order valence-corrected chi connectivity index (χ3v) is 5.18. The molecule has 0 atom stereocenters. The van der Waals surface area contributed by atoms with Crippen LogP contribution in [-0.4, -0.2) is 73.5 Å². The van der Waals surface area contributed by atoms with Crippen molar-refractivity contribution in [3.05, 3.63) is 48.2 Å². The van der Waals surface area contributed by atoms with Crippen LogP contribution in [0.2, 0.25) is 0 Å². The molecule has 1 fully saturated rings.